The van der Waals surface area contributed by atoms with Gasteiger partial charge in [-0.3, -0.25) is 0 Å². The first-order valence-corrected chi connectivity index (χ1v) is 4.73. The summed E-state index contributed by atoms with van der Waals surface area (Å²) in [4.78, 5) is 0. The van der Waals surface area contributed by atoms with Crippen LogP contribution in [0.4, 0.5) is 0 Å². The van der Waals surface area contributed by atoms with Gasteiger partial charge in [-0.05, 0) is 18.9 Å². The molecule has 13 heavy (non-hydrogen) atoms. The maximum absolute atomic E-state index is 5.99. The van der Waals surface area contributed by atoms with Crippen LogP contribution < -0.4 is 11.5 Å². The predicted molar refractivity (Wildman–Crippen MR) is 56.4 cm³/mol. The van der Waals surface area contributed by atoms with Crippen LogP contribution in [-0.2, 0) is 0 Å². The summed E-state index contributed by atoms with van der Waals surface area (Å²) in [5.41, 5.74) is 14.2. The number of rotatable bonds is 3. The van der Waals surface area contributed by atoms with Gasteiger partial charge in [-0.15, -0.1) is 0 Å². The third-order valence-electron chi connectivity index (χ3n) is 2.36. The molecule has 0 aliphatic heterocycles. The Balaban J connectivity index is 2.82. The lowest BCUT2D eigenvalue weighted by atomic mass is 9.98. The summed E-state index contributed by atoms with van der Waals surface area (Å²) in [6, 6.07) is 8.24. The highest BCUT2D eigenvalue weighted by molar-refractivity contribution is 5.25. The molecule has 0 radical (unpaired) electrons. The highest BCUT2D eigenvalue weighted by Crippen LogP contribution is 2.15. The van der Waals surface area contributed by atoms with Crippen LogP contribution in [0.25, 0.3) is 0 Å². The van der Waals surface area contributed by atoms with E-state index in [2.05, 4.69) is 26.0 Å². The largest absolute Gasteiger partial charge is 0.326 e. The first-order valence-electron chi connectivity index (χ1n) is 4.73. The molecule has 0 fully saturated rings. The molecular weight excluding hydrogens is 160 g/mol. The number of aryl methyl sites for hydroxylation is 1. The van der Waals surface area contributed by atoms with Crippen molar-refractivity contribution in [1.29, 1.82) is 0 Å². The monoisotopic (exact) mass is 178 g/mol. The molecule has 2 unspecified atom stereocenters. The summed E-state index contributed by atoms with van der Waals surface area (Å²) in [7, 11) is 0. The maximum atomic E-state index is 5.99. The summed E-state index contributed by atoms with van der Waals surface area (Å²) < 4.78 is 0. The Morgan fingerprint density at radius 1 is 1.31 bits per heavy atom. The van der Waals surface area contributed by atoms with Crippen molar-refractivity contribution < 1.29 is 0 Å². The summed E-state index contributed by atoms with van der Waals surface area (Å²) in [6.45, 7) is 4.12. The van der Waals surface area contributed by atoms with Crippen molar-refractivity contribution in [2.24, 2.45) is 11.5 Å². The molecule has 0 aliphatic rings. The Labute approximate surface area is 79.9 Å². The normalized spacial score (nSPS) is 15.4. The van der Waals surface area contributed by atoms with Crippen molar-refractivity contribution in [3.05, 3.63) is 35.4 Å². The van der Waals surface area contributed by atoms with Gasteiger partial charge in [-0.25, -0.2) is 0 Å². The Hall–Kier alpha value is -0.860. The van der Waals surface area contributed by atoms with Gasteiger partial charge in [0.05, 0.1) is 0 Å². The second-order valence-electron chi connectivity index (χ2n) is 3.51. The molecule has 1 aromatic rings. The minimum atomic E-state index is -0.0371. The highest BCUT2D eigenvalue weighted by Gasteiger charge is 2.12. The van der Waals surface area contributed by atoms with E-state index < -0.39 is 0 Å². The first-order chi connectivity index (χ1) is 6.15. The van der Waals surface area contributed by atoms with Crippen LogP contribution in [0.5, 0.6) is 0 Å². The first kappa shape index (κ1) is 10.2. The number of hydrogen-bond acceptors (Lipinski definition) is 2. The van der Waals surface area contributed by atoms with Crippen LogP contribution in [0.15, 0.2) is 24.3 Å². The van der Waals surface area contributed by atoms with E-state index in [1.54, 1.807) is 0 Å². The summed E-state index contributed by atoms with van der Waals surface area (Å²) in [5, 5.41) is 0. The van der Waals surface area contributed by atoms with Gasteiger partial charge in [0.2, 0.25) is 0 Å². The van der Waals surface area contributed by atoms with Crippen LogP contribution in [0.1, 0.15) is 30.5 Å². The van der Waals surface area contributed by atoms with Crippen LogP contribution >= 0.6 is 0 Å². The summed E-state index contributed by atoms with van der Waals surface area (Å²) in [5.74, 6) is 0. The van der Waals surface area contributed by atoms with Crippen molar-refractivity contribution in [2.75, 3.05) is 0 Å². The lowest BCUT2D eigenvalue weighted by Crippen LogP contribution is -2.33. The lowest BCUT2D eigenvalue weighted by molar-refractivity contribution is 0.532. The molecule has 4 N–H and O–H groups in total. The zero-order chi connectivity index (χ0) is 9.84. The van der Waals surface area contributed by atoms with E-state index in [1.807, 2.05) is 12.1 Å². The van der Waals surface area contributed by atoms with E-state index >= 15 is 0 Å². The predicted octanol–water partition coefficient (Wildman–Crippen LogP) is 1.73. The average Bonchev–Trinajstić information content (AvgIpc) is 2.15. The van der Waals surface area contributed by atoms with Crippen molar-refractivity contribution in [3.63, 3.8) is 0 Å². The smallest absolute Gasteiger partial charge is 0.0448 e. The molecule has 0 saturated carbocycles. The Kier molecular flexibility index (Phi) is 3.46. The number of nitrogens with two attached hydrogens (primary N) is 2. The van der Waals surface area contributed by atoms with Gasteiger partial charge < -0.3 is 11.5 Å². The number of hydrogen-bond donors (Lipinski definition) is 2. The molecule has 0 aliphatic carbocycles. The van der Waals surface area contributed by atoms with E-state index in [-0.39, 0.29) is 12.1 Å². The lowest BCUT2D eigenvalue weighted by Gasteiger charge is -2.18. The van der Waals surface area contributed by atoms with Crippen molar-refractivity contribution in [2.45, 2.75) is 32.4 Å². The summed E-state index contributed by atoms with van der Waals surface area (Å²) in [6.07, 6.45) is 0.912. The Morgan fingerprint density at radius 3 is 2.54 bits per heavy atom. The van der Waals surface area contributed by atoms with Gasteiger partial charge in [-0.1, -0.05) is 36.8 Å². The highest BCUT2D eigenvalue weighted by atomic mass is 14.8. The van der Waals surface area contributed by atoms with Crippen LogP contribution in [0.2, 0.25) is 0 Å². The van der Waals surface area contributed by atoms with Gasteiger partial charge >= 0.3 is 0 Å². The van der Waals surface area contributed by atoms with Crippen LogP contribution in [-0.4, -0.2) is 6.04 Å². The SMILES string of the molecule is CCC(N)C(N)c1cccc(C)c1. The van der Waals surface area contributed by atoms with Gasteiger partial charge in [-0.2, -0.15) is 0 Å². The molecular formula is C11H18N2. The van der Waals surface area contributed by atoms with Crippen LogP contribution in [0, 0.1) is 6.92 Å². The topological polar surface area (TPSA) is 52.0 Å². The fourth-order valence-corrected chi connectivity index (χ4v) is 1.38. The van der Waals surface area contributed by atoms with E-state index in [4.69, 9.17) is 11.5 Å². The van der Waals surface area contributed by atoms with Gasteiger partial charge in [0.1, 0.15) is 0 Å². The Bertz CT molecular complexity index is 271. The molecule has 0 bridgehead atoms. The molecule has 1 rings (SSSR count). The molecule has 0 heterocycles. The molecule has 1 aromatic carbocycles. The number of benzene rings is 1. The van der Waals surface area contributed by atoms with E-state index in [0.717, 1.165) is 12.0 Å². The average molecular weight is 178 g/mol. The third kappa shape index (κ3) is 2.54. The fourth-order valence-electron chi connectivity index (χ4n) is 1.38. The standard InChI is InChI=1S/C11H18N2/c1-3-10(12)11(13)9-6-4-5-8(2)7-9/h4-7,10-11H,3,12-13H2,1-2H3. The van der Waals surface area contributed by atoms with E-state index in [0.29, 0.717) is 0 Å². The molecule has 0 spiro atoms. The van der Waals surface area contributed by atoms with Gasteiger partial charge in [0.15, 0.2) is 0 Å². The second kappa shape index (κ2) is 4.40. The quantitative estimate of drug-likeness (QED) is 0.740. The molecule has 2 nitrogen and oxygen atoms in total. The van der Waals surface area contributed by atoms with E-state index in [1.165, 1.54) is 5.56 Å². The minimum absolute atomic E-state index is 0.0371. The van der Waals surface area contributed by atoms with Crippen molar-refractivity contribution >= 4 is 0 Å². The molecule has 2 atom stereocenters. The van der Waals surface area contributed by atoms with Crippen LogP contribution in [0.3, 0.4) is 0 Å². The van der Waals surface area contributed by atoms with Gasteiger partial charge in [0, 0.05) is 12.1 Å². The second-order valence-corrected chi connectivity index (χ2v) is 3.51. The van der Waals surface area contributed by atoms with Crippen molar-refractivity contribution in [1.82, 2.24) is 0 Å². The molecule has 0 aromatic heterocycles. The zero-order valence-corrected chi connectivity index (χ0v) is 8.33. The Morgan fingerprint density at radius 2 is 2.00 bits per heavy atom. The zero-order valence-electron chi connectivity index (χ0n) is 8.33. The van der Waals surface area contributed by atoms with Crippen molar-refractivity contribution in [3.8, 4) is 0 Å². The van der Waals surface area contributed by atoms with E-state index in [9.17, 15) is 0 Å². The molecule has 72 valence electrons. The summed E-state index contributed by atoms with van der Waals surface area (Å²) >= 11 is 0. The third-order valence-corrected chi connectivity index (χ3v) is 2.36. The maximum Gasteiger partial charge on any atom is 0.0448 e. The fraction of sp³-hybridized carbons (Fsp3) is 0.455. The molecule has 0 saturated heterocycles. The molecule has 0 amide bonds. The minimum Gasteiger partial charge on any atom is -0.326 e. The molecule has 2 heteroatoms. The van der Waals surface area contributed by atoms with Gasteiger partial charge in [0.25, 0.3) is 0 Å².